The van der Waals surface area contributed by atoms with Crippen LogP contribution >= 0.6 is 11.3 Å². The van der Waals surface area contributed by atoms with E-state index in [9.17, 15) is 4.79 Å². The van der Waals surface area contributed by atoms with E-state index in [1.54, 1.807) is 18.2 Å². The molecule has 1 unspecified atom stereocenters. The second-order valence-corrected chi connectivity index (χ2v) is 5.68. The Kier molecular flexibility index (Phi) is 3.80. The Bertz CT molecular complexity index is 617. The summed E-state index contributed by atoms with van der Waals surface area (Å²) in [6.07, 6.45) is 3.40. The summed E-state index contributed by atoms with van der Waals surface area (Å²) < 4.78 is 5.73. The third-order valence-corrected chi connectivity index (χ3v) is 4.30. The maximum atomic E-state index is 11.0. The van der Waals surface area contributed by atoms with Gasteiger partial charge in [0, 0.05) is 17.6 Å². The molecular formula is C15H15NO3S. The van der Waals surface area contributed by atoms with Crippen LogP contribution in [-0.2, 0) is 4.74 Å². The Morgan fingerprint density at radius 1 is 1.40 bits per heavy atom. The molecule has 20 heavy (non-hydrogen) atoms. The van der Waals surface area contributed by atoms with Crippen LogP contribution in [0.5, 0.6) is 0 Å². The van der Waals surface area contributed by atoms with E-state index >= 15 is 0 Å². The third kappa shape index (κ3) is 2.73. The summed E-state index contributed by atoms with van der Waals surface area (Å²) in [5, 5.41) is 11.9. The molecule has 0 bridgehead atoms. The molecule has 1 aliphatic rings. The fourth-order valence-electron chi connectivity index (χ4n) is 2.33. The highest BCUT2D eigenvalue weighted by atomic mass is 32.1. The number of aromatic nitrogens is 1. The van der Waals surface area contributed by atoms with E-state index in [0.717, 1.165) is 35.7 Å². The van der Waals surface area contributed by atoms with Crippen molar-refractivity contribution in [2.45, 2.75) is 25.4 Å². The van der Waals surface area contributed by atoms with Crippen LogP contribution in [0.2, 0.25) is 0 Å². The van der Waals surface area contributed by atoms with Crippen LogP contribution in [0.1, 0.15) is 41.4 Å². The maximum absolute atomic E-state index is 11.0. The van der Waals surface area contributed by atoms with Gasteiger partial charge in [-0.25, -0.2) is 9.78 Å². The van der Waals surface area contributed by atoms with Gasteiger partial charge in [-0.15, -0.1) is 11.3 Å². The molecule has 0 radical (unpaired) electrons. The summed E-state index contributed by atoms with van der Waals surface area (Å²) in [5.41, 5.74) is 2.09. The molecule has 1 aliphatic heterocycles. The fraction of sp³-hybridized carbons (Fsp3) is 0.333. The minimum Gasteiger partial charge on any atom is -0.478 e. The molecule has 5 heteroatoms. The highest BCUT2D eigenvalue weighted by molar-refractivity contribution is 7.13. The lowest BCUT2D eigenvalue weighted by Gasteiger charge is -2.20. The number of thiazole rings is 1. The molecule has 4 nitrogen and oxygen atoms in total. The zero-order chi connectivity index (χ0) is 13.9. The lowest BCUT2D eigenvalue weighted by molar-refractivity contribution is 0.0127. The third-order valence-electron chi connectivity index (χ3n) is 3.39. The van der Waals surface area contributed by atoms with Crippen molar-refractivity contribution < 1.29 is 14.6 Å². The van der Waals surface area contributed by atoms with Gasteiger partial charge in [0.05, 0.1) is 11.3 Å². The average Bonchev–Trinajstić information content (AvgIpc) is 2.98. The normalized spacial score (nSPS) is 18.9. The topological polar surface area (TPSA) is 59.4 Å². The number of rotatable bonds is 3. The van der Waals surface area contributed by atoms with Gasteiger partial charge < -0.3 is 9.84 Å². The van der Waals surface area contributed by atoms with Gasteiger partial charge in [-0.05, 0) is 31.4 Å². The number of aromatic carboxylic acids is 1. The number of ether oxygens (including phenoxy) is 1. The fourth-order valence-corrected chi connectivity index (χ4v) is 3.18. The zero-order valence-electron chi connectivity index (χ0n) is 10.9. The van der Waals surface area contributed by atoms with Gasteiger partial charge >= 0.3 is 5.97 Å². The van der Waals surface area contributed by atoms with E-state index in [-0.39, 0.29) is 11.7 Å². The van der Waals surface area contributed by atoms with Crippen LogP contribution < -0.4 is 0 Å². The SMILES string of the molecule is O=C(O)c1cccc(-c2nc(C3CCCCO3)cs2)c1. The van der Waals surface area contributed by atoms with Crippen molar-refractivity contribution in [2.75, 3.05) is 6.61 Å². The summed E-state index contributed by atoms with van der Waals surface area (Å²) >= 11 is 1.53. The van der Waals surface area contributed by atoms with E-state index in [0.29, 0.717) is 0 Å². The monoisotopic (exact) mass is 289 g/mol. The molecule has 1 atom stereocenters. The second-order valence-electron chi connectivity index (χ2n) is 4.82. The molecule has 0 spiro atoms. The van der Waals surface area contributed by atoms with E-state index in [4.69, 9.17) is 9.84 Å². The molecule has 1 aromatic carbocycles. The van der Waals surface area contributed by atoms with E-state index in [1.807, 2.05) is 11.4 Å². The van der Waals surface area contributed by atoms with Crippen LogP contribution in [0, 0.1) is 0 Å². The molecule has 1 N–H and O–H groups in total. The number of hydrogen-bond donors (Lipinski definition) is 1. The number of benzene rings is 1. The molecule has 1 saturated heterocycles. The second kappa shape index (κ2) is 5.73. The molecule has 0 saturated carbocycles. The first kappa shape index (κ1) is 13.3. The Hall–Kier alpha value is -1.72. The molecule has 2 aromatic rings. The molecule has 104 valence electrons. The van der Waals surface area contributed by atoms with E-state index in [1.165, 1.54) is 17.8 Å². The lowest BCUT2D eigenvalue weighted by Crippen LogP contribution is -2.11. The Morgan fingerprint density at radius 2 is 2.30 bits per heavy atom. The minimum absolute atomic E-state index is 0.0939. The van der Waals surface area contributed by atoms with Gasteiger partial charge in [0.2, 0.25) is 0 Å². The van der Waals surface area contributed by atoms with E-state index in [2.05, 4.69) is 4.98 Å². The van der Waals surface area contributed by atoms with Crippen molar-refractivity contribution >= 4 is 17.3 Å². The van der Waals surface area contributed by atoms with Gasteiger partial charge in [-0.1, -0.05) is 12.1 Å². The number of carbonyl (C=O) groups is 1. The van der Waals surface area contributed by atoms with Crippen molar-refractivity contribution in [3.8, 4) is 10.6 Å². The number of nitrogens with zero attached hydrogens (tertiary/aromatic N) is 1. The highest BCUT2D eigenvalue weighted by Gasteiger charge is 2.19. The highest BCUT2D eigenvalue weighted by Crippen LogP contribution is 2.32. The molecule has 2 heterocycles. The first-order valence-electron chi connectivity index (χ1n) is 6.65. The first-order chi connectivity index (χ1) is 9.74. The Morgan fingerprint density at radius 3 is 3.05 bits per heavy atom. The number of carboxylic acid groups (broad SMARTS) is 1. The van der Waals surface area contributed by atoms with Gasteiger partial charge in [-0.3, -0.25) is 0 Å². The van der Waals surface area contributed by atoms with Crippen molar-refractivity contribution in [1.82, 2.24) is 4.98 Å². The summed E-state index contributed by atoms with van der Waals surface area (Å²) in [5.74, 6) is -0.917. The van der Waals surface area contributed by atoms with Crippen molar-refractivity contribution in [3.63, 3.8) is 0 Å². The quantitative estimate of drug-likeness (QED) is 0.934. The predicted molar refractivity (Wildman–Crippen MR) is 77.1 cm³/mol. The first-order valence-corrected chi connectivity index (χ1v) is 7.53. The summed E-state index contributed by atoms with van der Waals surface area (Å²) in [4.78, 5) is 15.6. The van der Waals surface area contributed by atoms with Crippen LogP contribution in [0.3, 0.4) is 0 Å². The van der Waals surface area contributed by atoms with Crippen molar-refractivity contribution in [3.05, 3.63) is 40.9 Å². The lowest BCUT2D eigenvalue weighted by atomic mass is 10.1. The summed E-state index contributed by atoms with van der Waals surface area (Å²) in [6, 6.07) is 6.88. The van der Waals surface area contributed by atoms with Crippen LogP contribution in [-0.4, -0.2) is 22.7 Å². The van der Waals surface area contributed by atoms with Crippen LogP contribution in [0.4, 0.5) is 0 Å². The van der Waals surface area contributed by atoms with Gasteiger partial charge in [-0.2, -0.15) is 0 Å². The molecule has 1 fully saturated rings. The van der Waals surface area contributed by atoms with Crippen LogP contribution in [0.15, 0.2) is 29.6 Å². The molecule has 1 aromatic heterocycles. The maximum Gasteiger partial charge on any atom is 0.335 e. The molecule has 0 aliphatic carbocycles. The van der Waals surface area contributed by atoms with Crippen LogP contribution in [0.25, 0.3) is 10.6 Å². The van der Waals surface area contributed by atoms with E-state index < -0.39 is 5.97 Å². The van der Waals surface area contributed by atoms with Gasteiger partial charge in [0.1, 0.15) is 11.1 Å². The average molecular weight is 289 g/mol. The molecular weight excluding hydrogens is 274 g/mol. The zero-order valence-corrected chi connectivity index (χ0v) is 11.7. The van der Waals surface area contributed by atoms with Gasteiger partial charge in [0.15, 0.2) is 0 Å². The Labute approximate surface area is 121 Å². The summed E-state index contributed by atoms with van der Waals surface area (Å²) in [7, 11) is 0. The minimum atomic E-state index is -0.917. The molecule has 0 amide bonds. The predicted octanol–water partition coefficient (Wildman–Crippen LogP) is 3.75. The number of carboxylic acids is 1. The largest absolute Gasteiger partial charge is 0.478 e. The van der Waals surface area contributed by atoms with Crippen molar-refractivity contribution in [1.29, 1.82) is 0 Å². The smallest absolute Gasteiger partial charge is 0.335 e. The standard InChI is InChI=1S/C15H15NO3S/c17-15(18)11-5-3-4-10(8-11)14-16-12(9-20-14)13-6-1-2-7-19-13/h3-5,8-9,13H,1-2,6-7H2,(H,17,18). The summed E-state index contributed by atoms with van der Waals surface area (Å²) in [6.45, 7) is 0.798. The number of hydrogen-bond acceptors (Lipinski definition) is 4. The van der Waals surface area contributed by atoms with Crippen molar-refractivity contribution in [2.24, 2.45) is 0 Å². The molecule has 3 rings (SSSR count). The Balaban J connectivity index is 1.85. The van der Waals surface area contributed by atoms with Gasteiger partial charge in [0.25, 0.3) is 0 Å².